The summed E-state index contributed by atoms with van der Waals surface area (Å²) in [6, 6.07) is 3.08. The van der Waals surface area contributed by atoms with Gasteiger partial charge in [0.25, 0.3) is 0 Å². The lowest BCUT2D eigenvalue weighted by molar-refractivity contribution is 0.607. The van der Waals surface area contributed by atoms with Crippen LogP contribution in [0.1, 0.15) is 11.4 Å². The van der Waals surface area contributed by atoms with Crippen LogP contribution in [0.3, 0.4) is 0 Å². The number of alkyl halides is 1. The predicted molar refractivity (Wildman–Crippen MR) is 41.6 cm³/mol. The first-order valence-corrected chi connectivity index (χ1v) is 4.04. The van der Waals surface area contributed by atoms with Gasteiger partial charge >= 0.3 is 0 Å². The molecule has 1 rings (SSSR count). The van der Waals surface area contributed by atoms with Crippen LogP contribution in [0.4, 0.5) is 4.39 Å². The summed E-state index contributed by atoms with van der Waals surface area (Å²) < 4.78 is 12.7. The van der Waals surface area contributed by atoms with Crippen LogP contribution in [-0.2, 0) is 5.33 Å². The van der Waals surface area contributed by atoms with Gasteiger partial charge in [0.05, 0.1) is 5.69 Å². The number of halogens is 2. The minimum absolute atomic E-state index is 0.248. The Kier molecular flexibility index (Phi) is 2.38. The van der Waals surface area contributed by atoms with Gasteiger partial charge in [-0.05, 0) is 19.1 Å². The van der Waals surface area contributed by atoms with Crippen molar-refractivity contribution in [3.05, 3.63) is 29.3 Å². The highest BCUT2D eigenvalue weighted by Crippen LogP contribution is 2.08. The van der Waals surface area contributed by atoms with Crippen molar-refractivity contribution in [1.82, 2.24) is 4.98 Å². The van der Waals surface area contributed by atoms with E-state index in [0.29, 0.717) is 11.0 Å². The zero-order chi connectivity index (χ0) is 7.56. The van der Waals surface area contributed by atoms with Crippen molar-refractivity contribution in [2.75, 3.05) is 0 Å². The Labute approximate surface area is 67.4 Å². The molecule has 0 unspecified atom stereocenters. The maximum Gasteiger partial charge on any atom is 0.145 e. The summed E-state index contributed by atoms with van der Waals surface area (Å²) >= 11 is 3.14. The lowest BCUT2D eigenvalue weighted by Crippen LogP contribution is -1.92. The second-order valence-electron chi connectivity index (χ2n) is 2.01. The van der Waals surface area contributed by atoms with Crippen LogP contribution < -0.4 is 0 Å². The van der Waals surface area contributed by atoms with Gasteiger partial charge in [0.2, 0.25) is 0 Å². The molecule has 0 radical (unpaired) electrons. The molecule has 3 heteroatoms. The van der Waals surface area contributed by atoms with Gasteiger partial charge in [0.1, 0.15) is 5.82 Å². The molecule has 1 aromatic rings. The van der Waals surface area contributed by atoms with Crippen molar-refractivity contribution >= 4 is 15.9 Å². The smallest absolute Gasteiger partial charge is 0.145 e. The van der Waals surface area contributed by atoms with Gasteiger partial charge in [-0.25, -0.2) is 4.39 Å². The quantitative estimate of drug-likeness (QED) is 0.640. The first-order chi connectivity index (χ1) is 4.74. The number of pyridine rings is 1. The van der Waals surface area contributed by atoms with Crippen LogP contribution in [0.15, 0.2) is 12.1 Å². The molecule has 0 aliphatic carbocycles. The molecule has 0 aliphatic heterocycles. The Hall–Kier alpha value is -0.440. The van der Waals surface area contributed by atoms with E-state index in [0.717, 1.165) is 5.69 Å². The van der Waals surface area contributed by atoms with Crippen LogP contribution in [0.2, 0.25) is 0 Å². The maximum atomic E-state index is 12.7. The third kappa shape index (κ3) is 1.53. The molecule has 0 bridgehead atoms. The summed E-state index contributed by atoms with van der Waals surface area (Å²) in [5.41, 5.74) is 1.32. The molecule has 0 aliphatic rings. The summed E-state index contributed by atoms with van der Waals surface area (Å²) in [5, 5.41) is 0.473. The molecule has 0 atom stereocenters. The van der Waals surface area contributed by atoms with Crippen LogP contribution in [-0.4, -0.2) is 4.98 Å². The summed E-state index contributed by atoms with van der Waals surface area (Å²) in [7, 11) is 0. The van der Waals surface area contributed by atoms with Crippen LogP contribution in [0, 0.1) is 12.7 Å². The average Bonchev–Trinajstić information content (AvgIpc) is 1.94. The normalized spacial score (nSPS) is 9.90. The lowest BCUT2D eigenvalue weighted by atomic mass is 10.3. The van der Waals surface area contributed by atoms with Gasteiger partial charge in [-0.2, -0.15) is 0 Å². The standard InChI is InChI=1S/C7H7BrFN/c1-5-2-3-6(9)7(4-8)10-5/h2-3H,4H2,1H3. The van der Waals surface area contributed by atoms with Gasteiger partial charge in [-0.15, -0.1) is 0 Å². The Balaban J connectivity index is 3.09. The van der Waals surface area contributed by atoms with Gasteiger partial charge in [0, 0.05) is 11.0 Å². The van der Waals surface area contributed by atoms with Gasteiger partial charge in [-0.1, -0.05) is 15.9 Å². The van der Waals surface area contributed by atoms with Crippen LogP contribution in [0.25, 0.3) is 0 Å². The molecule has 0 fully saturated rings. The lowest BCUT2D eigenvalue weighted by Gasteiger charge is -1.97. The summed E-state index contributed by atoms with van der Waals surface area (Å²) in [6.45, 7) is 1.84. The fourth-order valence-corrected chi connectivity index (χ4v) is 1.08. The molecular formula is C7H7BrFN. The van der Waals surface area contributed by atoms with E-state index in [1.165, 1.54) is 6.07 Å². The molecular weight excluding hydrogens is 197 g/mol. The van der Waals surface area contributed by atoms with Crippen LogP contribution in [0.5, 0.6) is 0 Å². The molecule has 54 valence electrons. The van der Waals surface area contributed by atoms with Crippen molar-refractivity contribution in [3.63, 3.8) is 0 Å². The second kappa shape index (κ2) is 3.10. The van der Waals surface area contributed by atoms with Crippen LogP contribution >= 0.6 is 15.9 Å². The number of nitrogens with zero attached hydrogens (tertiary/aromatic N) is 1. The van der Waals surface area contributed by atoms with E-state index in [1.807, 2.05) is 6.92 Å². The fraction of sp³-hybridized carbons (Fsp3) is 0.286. The van der Waals surface area contributed by atoms with Crippen molar-refractivity contribution in [3.8, 4) is 0 Å². The van der Waals surface area contributed by atoms with Gasteiger partial charge < -0.3 is 0 Å². The summed E-state index contributed by atoms with van der Waals surface area (Å²) in [4.78, 5) is 3.97. The number of rotatable bonds is 1. The Morgan fingerprint density at radius 1 is 1.60 bits per heavy atom. The van der Waals surface area contributed by atoms with E-state index in [2.05, 4.69) is 20.9 Å². The second-order valence-corrected chi connectivity index (χ2v) is 2.58. The minimum Gasteiger partial charge on any atom is -0.254 e. The van der Waals surface area contributed by atoms with E-state index >= 15 is 0 Å². The number of hydrogen-bond acceptors (Lipinski definition) is 1. The molecule has 0 N–H and O–H groups in total. The monoisotopic (exact) mass is 203 g/mol. The zero-order valence-electron chi connectivity index (χ0n) is 5.56. The molecule has 0 amide bonds. The van der Waals surface area contributed by atoms with Gasteiger partial charge in [-0.3, -0.25) is 4.98 Å². The Morgan fingerprint density at radius 2 is 2.30 bits per heavy atom. The van der Waals surface area contributed by atoms with Crippen molar-refractivity contribution < 1.29 is 4.39 Å². The highest BCUT2D eigenvalue weighted by Gasteiger charge is 1.99. The maximum absolute atomic E-state index is 12.7. The molecule has 10 heavy (non-hydrogen) atoms. The number of hydrogen-bond donors (Lipinski definition) is 0. The molecule has 0 saturated carbocycles. The first kappa shape index (κ1) is 7.66. The Bertz CT molecular complexity index is 237. The highest BCUT2D eigenvalue weighted by molar-refractivity contribution is 9.08. The average molecular weight is 204 g/mol. The molecule has 1 nitrogen and oxygen atoms in total. The largest absolute Gasteiger partial charge is 0.254 e. The number of aryl methyl sites for hydroxylation is 1. The predicted octanol–water partition coefficient (Wildman–Crippen LogP) is 2.42. The first-order valence-electron chi connectivity index (χ1n) is 2.92. The topological polar surface area (TPSA) is 12.9 Å². The summed E-state index contributed by atoms with van der Waals surface area (Å²) in [5.74, 6) is -0.248. The molecule has 0 saturated heterocycles. The van der Waals surface area contributed by atoms with Crippen molar-refractivity contribution in [2.24, 2.45) is 0 Å². The molecule has 1 aromatic heterocycles. The SMILES string of the molecule is Cc1ccc(F)c(CBr)n1. The van der Waals surface area contributed by atoms with E-state index < -0.39 is 0 Å². The van der Waals surface area contributed by atoms with Crippen molar-refractivity contribution in [1.29, 1.82) is 0 Å². The number of aromatic nitrogens is 1. The van der Waals surface area contributed by atoms with E-state index in [9.17, 15) is 4.39 Å². The fourth-order valence-electron chi connectivity index (χ4n) is 0.687. The van der Waals surface area contributed by atoms with E-state index in [1.54, 1.807) is 6.07 Å². The van der Waals surface area contributed by atoms with Crippen molar-refractivity contribution in [2.45, 2.75) is 12.3 Å². The van der Waals surface area contributed by atoms with E-state index in [4.69, 9.17) is 0 Å². The molecule has 0 aromatic carbocycles. The Morgan fingerprint density at radius 3 is 2.80 bits per heavy atom. The molecule has 1 heterocycles. The highest BCUT2D eigenvalue weighted by atomic mass is 79.9. The third-order valence-electron chi connectivity index (χ3n) is 1.18. The zero-order valence-corrected chi connectivity index (χ0v) is 7.15. The minimum atomic E-state index is -0.248. The molecule has 0 spiro atoms. The van der Waals surface area contributed by atoms with Gasteiger partial charge in [0.15, 0.2) is 0 Å². The third-order valence-corrected chi connectivity index (χ3v) is 1.72. The summed E-state index contributed by atoms with van der Waals surface area (Å²) in [6.07, 6.45) is 0. The van der Waals surface area contributed by atoms with E-state index in [-0.39, 0.29) is 5.82 Å².